The Balaban J connectivity index is 2.07. The van der Waals surface area contributed by atoms with Gasteiger partial charge in [0.05, 0.1) is 24.2 Å². The molecule has 0 aromatic heterocycles. The number of ether oxygens (including phenoxy) is 1. The second-order valence-corrected chi connectivity index (χ2v) is 8.83. The Kier molecular flexibility index (Phi) is 5.79. The molecule has 1 aliphatic carbocycles. The molecule has 0 aliphatic heterocycles. The van der Waals surface area contributed by atoms with Gasteiger partial charge in [-0.1, -0.05) is 30.3 Å². The van der Waals surface area contributed by atoms with E-state index in [4.69, 9.17) is 13.8 Å². The van der Waals surface area contributed by atoms with Crippen molar-refractivity contribution < 1.29 is 30.7 Å². The molecule has 1 aliphatic rings. The predicted molar refractivity (Wildman–Crippen MR) is 84.1 cm³/mol. The van der Waals surface area contributed by atoms with Crippen molar-refractivity contribution in [1.82, 2.24) is 0 Å². The average Bonchev–Trinajstić information content (AvgIpc) is 2.76. The highest BCUT2D eigenvalue weighted by atomic mass is 32.2. The van der Waals surface area contributed by atoms with Gasteiger partial charge in [0.2, 0.25) is 0 Å². The quantitative estimate of drug-likeness (QED) is 0.702. The van der Waals surface area contributed by atoms with Crippen LogP contribution in [0.2, 0.25) is 0 Å². The normalized spacial score (nSPS) is 25.6. The van der Waals surface area contributed by atoms with Gasteiger partial charge in [0, 0.05) is 5.92 Å². The Morgan fingerprint density at radius 3 is 2.13 bits per heavy atom. The van der Waals surface area contributed by atoms with E-state index in [2.05, 4.69) is 0 Å². The molecular formula is C14H20O7S2. The minimum absolute atomic E-state index is 0.270. The molecule has 130 valence electrons. The SMILES string of the molecule is O=S(=O)(O)CC1CCC(OCc2ccccc2)C1CS(=O)(=O)O. The van der Waals surface area contributed by atoms with Crippen molar-refractivity contribution >= 4 is 20.2 Å². The fourth-order valence-electron chi connectivity index (χ4n) is 3.06. The fraction of sp³-hybridized carbons (Fsp3) is 0.571. The highest BCUT2D eigenvalue weighted by Crippen LogP contribution is 2.36. The van der Waals surface area contributed by atoms with E-state index in [-0.39, 0.29) is 6.61 Å². The molecular weight excluding hydrogens is 344 g/mol. The molecule has 0 radical (unpaired) electrons. The van der Waals surface area contributed by atoms with Gasteiger partial charge in [0.15, 0.2) is 0 Å². The zero-order valence-corrected chi connectivity index (χ0v) is 14.0. The fourth-order valence-corrected chi connectivity index (χ4v) is 4.99. The summed E-state index contributed by atoms with van der Waals surface area (Å²) >= 11 is 0. The van der Waals surface area contributed by atoms with Gasteiger partial charge in [0.25, 0.3) is 20.2 Å². The molecule has 1 fully saturated rings. The molecule has 7 nitrogen and oxygen atoms in total. The molecule has 0 saturated heterocycles. The van der Waals surface area contributed by atoms with Gasteiger partial charge in [-0.3, -0.25) is 9.11 Å². The topological polar surface area (TPSA) is 118 Å². The van der Waals surface area contributed by atoms with Crippen LogP contribution in [0.25, 0.3) is 0 Å². The third-order valence-corrected chi connectivity index (χ3v) is 5.70. The molecule has 9 heteroatoms. The highest BCUT2D eigenvalue weighted by Gasteiger charge is 2.41. The predicted octanol–water partition coefficient (Wildman–Crippen LogP) is 1.37. The van der Waals surface area contributed by atoms with Crippen molar-refractivity contribution in [1.29, 1.82) is 0 Å². The Labute approximate surface area is 136 Å². The number of rotatable bonds is 7. The maximum atomic E-state index is 11.2. The summed E-state index contributed by atoms with van der Waals surface area (Å²) in [5, 5.41) is 0. The first-order chi connectivity index (χ1) is 10.6. The summed E-state index contributed by atoms with van der Waals surface area (Å²) in [5.74, 6) is -2.34. The van der Waals surface area contributed by atoms with Crippen molar-refractivity contribution in [3.63, 3.8) is 0 Å². The largest absolute Gasteiger partial charge is 0.373 e. The average molecular weight is 364 g/mol. The minimum atomic E-state index is -4.27. The first-order valence-corrected chi connectivity index (χ1v) is 10.4. The first kappa shape index (κ1) is 18.3. The lowest BCUT2D eigenvalue weighted by atomic mass is 9.98. The van der Waals surface area contributed by atoms with E-state index in [1.807, 2.05) is 30.3 Å². The molecule has 0 bridgehead atoms. The van der Waals surface area contributed by atoms with Gasteiger partial charge in [-0.15, -0.1) is 0 Å². The van der Waals surface area contributed by atoms with Gasteiger partial charge >= 0.3 is 0 Å². The van der Waals surface area contributed by atoms with Crippen LogP contribution < -0.4 is 0 Å². The maximum absolute atomic E-state index is 11.2. The first-order valence-electron chi connectivity index (χ1n) is 7.20. The van der Waals surface area contributed by atoms with Crippen LogP contribution in [0.5, 0.6) is 0 Å². The molecule has 2 N–H and O–H groups in total. The van der Waals surface area contributed by atoms with E-state index in [1.165, 1.54) is 0 Å². The van der Waals surface area contributed by atoms with E-state index < -0.39 is 49.7 Å². The molecule has 1 saturated carbocycles. The second kappa shape index (κ2) is 7.27. The van der Waals surface area contributed by atoms with Gasteiger partial charge in [-0.05, 0) is 24.3 Å². The zero-order valence-electron chi connectivity index (χ0n) is 12.4. The Morgan fingerprint density at radius 2 is 1.57 bits per heavy atom. The molecule has 1 aromatic carbocycles. The zero-order chi connectivity index (χ0) is 17.1. The molecule has 3 unspecified atom stereocenters. The van der Waals surface area contributed by atoms with Crippen molar-refractivity contribution in [2.75, 3.05) is 11.5 Å². The third-order valence-electron chi connectivity index (χ3n) is 4.04. The standard InChI is InChI=1S/C14H20O7S2/c15-22(16,17)9-12-6-7-14(13(12)10-23(18,19)20)21-8-11-4-2-1-3-5-11/h1-5,12-14H,6-10H2,(H,15,16,17)(H,18,19,20). The van der Waals surface area contributed by atoms with Crippen LogP contribution in [0.1, 0.15) is 18.4 Å². The summed E-state index contributed by atoms with van der Waals surface area (Å²) in [6, 6.07) is 9.29. The molecule has 2 rings (SSSR count). The van der Waals surface area contributed by atoms with Crippen molar-refractivity contribution in [2.24, 2.45) is 11.8 Å². The number of benzene rings is 1. The van der Waals surface area contributed by atoms with Gasteiger partial charge < -0.3 is 4.74 Å². The lowest BCUT2D eigenvalue weighted by molar-refractivity contribution is 0.0159. The smallest absolute Gasteiger partial charge is 0.265 e. The van der Waals surface area contributed by atoms with Crippen LogP contribution in [0.3, 0.4) is 0 Å². The summed E-state index contributed by atoms with van der Waals surface area (Å²) < 4.78 is 68.4. The lowest BCUT2D eigenvalue weighted by Gasteiger charge is -2.23. The highest BCUT2D eigenvalue weighted by molar-refractivity contribution is 7.86. The van der Waals surface area contributed by atoms with Crippen molar-refractivity contribution in [3.05, 3.63) is 35.9 Å². The maximum Gasteiger partial charge on any atom is 0.265 e. The van der Waals surface area contributed by atoms with Crippen LogP contribution in [0, 0.1) is 11.8 Å². The Morgan fingerprint density at radius 1 is 0.957 bits per heavy atom. The summed E-state index contributed by atoms with van der Waals surface area (Å²) in [7, 11) is -8.49. The third kappa shape index (κ3) is 6.19. The van der Waals surface area contributed by atoms with Gasteiger partial charge in [-0.25, -0.2) is 0 Å². The monoisotopic (exact) mass is 364 g/mol. The van der Waals surface area contributed by atoms with Crippen LogP contribution in [-0.4, -0.2) is 43.6 Å². The molecule has 3 atom stereocenters. The van der Waals surface area contributed by atoms with Gasteiger partial charge in [-0.2, -0.15) is 16.8 Å². The second-order valence-electron chi connectivity index (χ2n) is 5.83. The van der Waals surface area contributed by atoms with E-state index in [1.54, 1.807) is 0 Å². The summed E-state index contributed by atoms with van der Waals surface area (Å²) in [4.78, 5) is 0. The molecule has 0 amide bonds. The Bertz CT molecular complexity index is 713. The van der Waals surface area contributed by atoms with Crippen molar-refractivity contribution in [3.8, 4) is 0 Å². The van der Waals surface area contributed by atoms with Crippen LogP contribution in [-0.2, 0) is 31.6 Å². The molecule has 23 heavy (non-hydrogen) atoms. The minimum Gasteiger partial charge on any atom is -0.373 e. The summed E-state index contributed by atoms with van der Waals surface area (Å²) in [6.07, 6.45) is 0.413. The van der Waals surface area contributed by atoms with Crippen LogP contribution >= 0.6 is 0 Å². The van der Waals surface area contributed by atoms with E-state index in [0.717, 1.165) is 5.56 Å². The van der Waals surface area contributed by atoms with E-state index in [0.29, 0.717) is 12.8 Å². The van der Waals surface area contributed by atoms with Crippen molar-refractivity contribution in [2.45, 2.75) is 25.6 Å². The molecule has 0 heterocycles. The van der Waals surface area contributed by atoms with Crippen LogP contribution in [0.15, 0.2) is 30.3 Å². The molecule has 1 aromatic rings. The number of hydrogen-bond donors (Lipinski definition) is 2. The van der Waals surface area contributed by atoms with Gasteiger partial charge in [0.1, 0.15) is 0 Å². The molecule has 0 spiro atoms. The van der Waals surface area contributed by atoms with E-state index >= 15 is 0 Å². The summed E-state index contributed by atoms with van der Waals surface area (Å²) in [5.41, 5.74) is 0.913. The number of hydrogen-bond acceptors (Lipinski definition) is 5. The van der Waals surface area contributed by atoms with Crippen LogP contribution in [0.4, 0.5) is 0 Å². The van der Waals surface area contributed by atoms with E-state index in [9.17, 15) is 16.8 Å². The Hall–Kier alpha value is -1.00. The summed E-state index contributed by atoms with van der Waals surface area (Å²) in [6.45, 7) is 0.270. The lowest BCUT2D eigenvalue weighted by Crippen LogP contribution is -2.32.